The van der Waals surface area contributed by atoms with E-state index in [0.29, 0.717) is 47.2 Å². The van der Waals surface area contributed by atoms with Crippen LogP contribution in [0.15, 0.2) is 84.6 Å². The maximum Gasteiger partial charge on any atom is 0.282 e. The molecule has 1 aliphatic heterocycles. The molecule has 1 heterocycles. The normalized spacial score (nSPS) is 13.5. The summed E-state index contributed by atoms with van der Waals surface area (Å²) in [5, 5.41) is 3.19. The lowest BCUT2D eigenvalue weighted by Crippen LogP contribution is -2.32. The molecule has 168 valence electrons. The van der Waals surface area contributed by atoms with E-state index in [9.17, 15) is 9.59 Å². The van der Waals surface area contributed by atoms with Crippen molar-refractivity contribution in [2.24, 2.45) is 0 Å². The Labute approximate surface area is 193 Å². The number of carbonyl (C=O) groups excluding carboxylic acids is 2. The van der Waals surface area contributed by atoms with Gasteiger partial charge < -0.3 is 14.8 Å². The Hall–Kier alpha value is -4.06. The van der Waals surface area contributed by atoms with E-state index in [1.165, 1.54) is 4.90 Å². The minimum Gasteiger partial charge on any atom is -0.492 e. The highest BCUT2D eigenvalue weighted by Crippen LogP contribution is 2.38. The van der Waals surface area contributed by atoms with Crippen LogP contribution in [0.3, 0.4) is 0 Å². The molecular weight excluding hydrogens is 416 g/mol. The number of carbonyl (C=O) groups is 2. The van der Waals surface area contributed by atoms with Gasteiger partial charge in [0.05, 0.1) is 30.2 Å². The fourth-order valence-corrected chi connectivity index (χ4v) is 3.70. The van der Waals surface area contributed by atoms with Crippen molar-refractivity contribution in [2.45, 2.75) is 20.3 Å². The van der Waals surface area contributed by atoms with Gasteiger partial charge in [-0.1, -0.05) is 61.5 Å². The minimum absolute atomic E-state index is 0.198. The van der Waals surface area contributed by atoms with Crippen molar-refractivity contribution in [1.82, 2.24) is 0 Å². The zero-order valence-corrected chi connectivity index (χ0v) is 18.7. The highest BCUT2D eigenvalue weighted by atomic mass is 16.5. The predicted octanol–water partition coefficient (Wildman–Crippen LogP) is 5.27. The number of nitrogens with zero attached hydrogens (tertiary/aromatic N) is 1. The maximum absolute atomic E-state index is 13.7. The van der Waals surface area contributed by atoms with Crippen LogP contribution in [-0.4, -0.2) is 25.0 Å². The molecule has 0 radical (unpaired) electrons. The number of anilines is 2. The molecule has 0 spiro atoms. The molecule has 6 nitrogen and oxygen atoms in total. The van der Waals surface area contributed by atoms with Gasteiger partial charge in [0.2, 0.25) is 0 Å². The van der Waals surface area contributed by atoms with Crippen LogP contribution in [0.5, 0.6) is 11.5 Å². The third-order valence-electron chi connectivity index (χ3n) is 5.16. The Bertz CT molecular complexity index is 1190. The van der Waals surface area contributed by atoms with Crippen LogP contribution >= 0.6 is 0 Å². The van der Waals surface area contributed by atoms with Gasteiger partial charge in [-0.3, -0.25) is 9.59 Å². The Morgan fingerprint density at radius 2 is 1.42 bits per heavy atom. The monoisotopic (exact) mass is 442 g/mol. The van der Waals surface area contributed by atoms with Crippen LogP contribution in [0.2, 0.25) is 0 Å². The van der Waals surface area contributed by atoms with Crippen molar-refractivity contribution in [3.05, 3.63) is 90.1 Å². The third-order valence-corrected chi connectivity index (χ3v) is 5.16. The van der Waals surface area contributed by atoms with Gasteiger partial charge in [0, 0.05) is 0 Å². The van der Waals surface area contributed by atoms with Crippen LogP contribution < -0.4 is 19.7 Å². The zero-order valence-electron chi connectivity index (χ0n) is 18.7. The van der Waals surface area contributed by atoms with Gasteiger partial charge in [0.1, 0.15) is 17.2 Å². The summed E-state index contributed by atoms with van der Waals surface area (Å²) in [5.74, 6) is 0.238. The summed E-state index contributed by atoms with van der Waals surface area (Å²) in [6.07, 6.45) is 0.810. The zero-order chi connectivity index (χ0) is 23.2. The standard InChI is InChI=1S/C27H26N2O4/c1-3-18-33-23-17-11-9-15-21(23)29-26(30)24(19-12-6-5-7-13-19)25(27(29)31)28-20-14-8-10-16-22(20)32-4-2/h5-17,28H,3-4,18H2,1-2H3. The van der Waals surface area contributed by atoms with Crippen molar-refractivity contribution in [2.75, 3.05) is 23.4 Å². The molecule has 0 aliphatic carbocycles. The second-order valence-electron chi connectivity index (χ2n) is 7.43. The van der Waals surface area contributed by atoms with Gasteiger partial charge in [-0.2, -0.15) is 0 Å². The van der Waals surface area contributed by atoms with E-state index in [0.717, 1.165) is 6.42 Å². The Kier molecular flexibility index (Phi) is 6.74. The van der Waals surface area contributed by atoms with Crippen molar-refractivity contribution in [1.29, 1.82) is 0 Å². The quantitative estimate of drug-likeness (QED) is 0.457. The fourth-order valence-electron chi connectivity index (χ4n) is 3.70. The largest absolute Gasteiger partial charge is 0.492 e. The fraction of sp³-hybridized carbons (Fsp3) is 0.185. The first-order valence-electron chi connectivity index (χ1n) is 11.0. The van der Waals surface area contributed by atoms with Gasteiger partial charge in [-0.05, 0) is 43.2 Å². The number of hydrogen-bond acceptors (Lipinski definition) is 5. The molecule has 0 saturated carbocycles. The first kappa shape index (κ1) is 22.1. The van der Waals surface area contributed by atoms with Gasteiger partial charge in [-0.15, -0.1) is 0 Å². The summed E-state index contributed by atoms with van der Waals surface area (Å²) < 4.78 is 11.5. The van der Waals surface area contributed by atoms with Crippen LogP contribution in [-0.2, 0) is 9.59 Å². The number of benzene rings is 3. The van der Waals surface area contributed by atoms with Crippen LogP contribution in [0.4, 0.5) is 11.4 Å². The molecule has 2 amide bonds. The van der Waals surface area contributed by atoms with Gasteiger partial charge >= 0.3 is 0 Å². The third kappa shape index (κ3) is 4.46. The number of hydrogen-bond donors (Lipinski definition) is 1. The van der Waals surface area contributed by atoms with Gasteiger partial charge in [0.15, 0.2) is 0 Å². The van der Waals surface area contributed by atoms with E-state index in [1.54, 1.807) is 18.2 Å². The molecule has 0 fully saturated rings. The van der Waals surface area contributed by atoms with E-state index in [4.69, 9.17) is 9.47 Å². The number of para-hydroxylation sites is 4. The lowest BCUT2D eigenvalue weighted by atomic mass is 10.0. The van der Waals surface area contributed by atoms with E-state index in [1.807, 2.05) is 74.5 Å². The number of imide groups is 1. The molecule has 33 heavy (non-hydrogen) atoms. The van der Waals surface area contributed by atoms with Crippen molar-refractivity contribution in [3.8, 4) is 11.5 Å². The Morgan fingerprint density at radius 1 is 0.758 bits per heavy atom. The van der Waals surface area contributed by atoms with E-state index < -0.39 is 11.8 Å². The lowest BCUT2D eigenvalue weighted by Gasteiger charge is -2.19. The number of amides is 2. The summed E-state index contributed by atoms with van der Waals surface area (Å²) in [6, 6.07) is 23.6. The summed E-state index contributed by atoms with van der Waals surface area (Å²) in [7, 11) is 0. The second-order valence-corrected chi connectivity index (χ2v) is 7.43. The average Bonchev–Trinajstić information content (AvgIpc) is 3.09. The molecule has 0 aromatic heterocycles. The SMILES string of the molecule is CCCOc1ccccc1N1C(=O)C(Nc2ccccc2OCC)=C(c2ccccc2)C1=O. The van der Waals surface area contributed by atoms with Crippen molar-refractivity contribution >= 4 is 28.8 Å². The van der Waals surface area contributed by atoms with Crippen LogP contribution in [0, 0.1) is 0 Å². The molecule has 3 aromatic rings. The topological polar surface area (TPSA) is 67.9 Å². The van der Waals surface area contributed by atoms with E-state index in [-0.39, 0.29) is 5.70 Å². The summed E-state index contributed by atoms with van der Waals surface area (Å²) in [5.41, 5.74) is 2.19. The van der Waals surface area contributed by atoms with Crippen LogP contribution in [0.25, 0.3) is 5.57 Å². The molecule has 4 rings (SSSR count). The molecule has 6 heteroatoms. The summed E-state index contributed by atoms with van der Waals surface area (Å²) in [4.78, 5) is 28.5. The van der Waals surface area contributed by atoms with E-state index >= 15 is 0 Å². The predicted molar refractivity (Wildman–Crippen MR) is 129 cm³/mol. The maximum atomic E-state index is 13.7. The number of rotatable bonds is 9. The molecule has 1 N–H and O–H groups in total. The second kappa shape index (κ2) is 10.0. The number of nitrogens with one attached hydrogen (secondary N) is 1. The molecule has 0 unspecified atom stereocenters. The van der Waals surface area contributed by atoms with E-state index in [2.05, 4.69) is 5.32 Å². The summed E-state index contributed by atoms with van der Waals surface area (Å²) >= 11 is 0. The first-order valence-corrected chi connectivity index (χ1v) is 11.0. The molecular formula is C27H26N2O4. The smallest absolute Gasteiger partial charge is 0.282 e. The van der Waals surface area contributed by atoms with Crippen molar-refractivity contribution < 1.29 is 19.1 Å². The highest BCUT2D eigenvalue weighted by molar-refractivity contribution is 6.46. The summed E-state index contributed by atoms with van der Waals surface area (Å²) in [6.45, 7) is 4.86. The molecule has 0 bridgehead atoms. The Balaban J connectivity index is 1.80. The number of ether oxygens (including phenoxy) is 2. The molecule has 1 aliphatic rings. The molecule has 0 atom stereocenters. The van der Waals surface area contributed by atoms with Gasteiger partial charge in [0.25, 0.3) is 11.8 Å². The van der Waals surface area contributed by atoms with Gasteiger partial charge in [-0.25, -0.2) is 4.90 Å². The molecule has 3 aromatic carbocycles. The highest BCUT2D eigenvalue weighted by Gasteiger charge is 2.41. The lowest BCUT2D eigenvalue weighted by molar-refractivity contribution is -0.120. The van der Waals surface area contributed by atoms with Crippen LogP contribution in [0.1, 0.15) is 25.8 Å². The molecule has 0 saturated heterocycles. The minimum atomic E-state index is -0.447. The first-order chi connectivity index (χ1) is 16.2. The van der Waals surface area contributed by atoms with Crippen molar-refractivity contribution in [3.63, 3.8) is 0 Å². The average molecular weight is 443 g/mol. The Morgan fingerprint density at radius 3 is 2.15 bits per heavy atom.